The molecule has 28 heavy (non-hydrogen) atoms. The quantitative estimate of drug-likeness (QED) is 0.412. The van der Waals surface area contributed by atoms with Gasteiger partial charge in [0, 0.05) is 22.7 Å². The Kier molecular flexibility index (Phi) is 6.72. The SMILES string of the molecule is CSc1nc(Cc2ccc(Cl)cc2Cl)cn1CC(=O)Nc1nc(Cl)ccc1N. The van der Waals surface area contributed by atoms with Crippen LogP contribution < -0.4 is 11.1 Å². The molecule has 0 unspecified atom stereocenters. The molecule has 0 saturated heterocycles. The summed E-state index contributed by atoms with van der Waals surface area (Å²) < 4.78 is 1.76. The number of aromatic nitrogens is 3. The average Bonchev–Trinajstić information content (AvgIpc) is 3.02. The van der Waals surface area contributed by atoms with E-state index in [1.165, 1.54) is 11.8 Å². The van der Waals surface area contributed by atoms with E-state index >= 15 is 0 Å². The third kappa shape index (κ3) is 5.11. The lowest BCUT2D eigenvalue weighted by Crippen LogP contribution is -2.20. The smallest absolute Gasteiger partial charge is 0.245 e. The molecule has 0 aliphatic heterocycles. The molecule has 3 N–H and O–H groups in total. The summed E-state index contributed by atoms with van der Waals surface area (Å²) in [6.45, 7) is 0.0607. The van der Waals surface area contributed by atoms with Crippen LogP contribution in [0.15, 0.2) is 41.7 Å². The van der Waals surface area contributed by atoms with Crippen LogP contribution >= 0.6 is 46.6 Å². The fourth-order valence-electron chi connectivity index (χ4n) is 2.55. The molecule has 0 saturated carbocycles. The first-order valence-electron chi connectivity index (χ1n) is 8.11. The van der Waals surface area contributed by atoms with Crippen LogP contribution in [0.25, 0.3) is 0 Å². The number of nitrogens with one attached hydrogen (secondary N) is 1. The summed E-state index contributed by atoms with van der Waals surface area (Å²) in [5.41, 5.74) is 7.86. The Balaban J connectivity index is 1.75. The number of anilines is 2. The fraction of sp³-hybridized carbons (Fsp3) is 0.167. The number of hydrogen-bond donors (Lipinski definition) is 2. The maximum absolute atomic E-state index is 12.4. The van der Waals surface area contributed by atoms with Gasteiger partial charge in [0.1, 0.15) is 11.7 Å². The molecule has 0 aliphatic carbocycles. The Hall–Kier alpha value is -1.93. The molecular formula is C18H16Cl3N5OS. The number of thioether (sulfide) groups is 1. The molecule has 146 valence electrons. The molecular weight excluding hydrogens is 441 g/mol. The molecule has 2 aromatic heterocycles. The summed E-state index contributed by atoms with van der Waals surface area (Å²) in [5.74, 6) is -0.0540. The first-order valence-corrected chi connectivity index (χ1v) is 10.5. The van der Waals surface area contributed by atoms with Gasteiger partial charge < -0.3 is 15.6 Å². The molecule has 0 radical (unpaired) electrons. The van der Waals surface area contributed by atoms with E-state index in [4.69, 9.17) is 40.5 Å². The minimum absolute atomic E-state index is 0.0607. The summed E-state index contributed by atoms with van der Waals surface area (Å²) in [6, 6.07) is 8.49. The predicted octanol–water partition coefficient (Wildman–Crippen LogP) is 4.77. The lowest BCUT2D eigenvalue weighted by molar-refractivity contribution is -0.116. The van der Waals surface area contributed by atoms with Crippen molar-refractivity contribution in [3.05, 3.63) is 63.0 Å². The van der Waals surface area contributed by atoms with Gasteiger partial charge in [-0.1, -0.05) is 52.6 Å². The number of rotatable bonds is 6. The third-order valence-electron chi connectivity index (χ3n) is 3.82. The maximum atomic E-state index is 12.4. The number of imidazole rings is 1. The van der Waals surface area contributed by atoms with Crippen molar-refractivity contribution < 1.29 is 4.79 Å². The minimum Gasteiger partial charge on any atom is -0.396 e. The molecule has 0 bridgehead atoms. The standard InChI is InChI=1S/C18H16Cl3N5OS/c1-28-18-23-12(6-10-2-3-11(19)7-13(10)20)8-26(18)9-16(27)25-17-14(22)4-5-15(21)24-17/h2-5,7-8H,6,9,22H2,1H3,(H,24,25,27). The minimum atomic E-state index is -0.287. The molecule has 3 aromatic rings. The van der Waals surface area contributed by atoms with Crippen LogP contribution in [0.1, 0.15) is 11.3 Å². The number of nitrogen functional groups attached to an aromatic ring is 1. The van der Waals surface area contributed by atoms with E-state index in [0.717, 1.165) is 11.3 Å². The molecule has 10 heteroatoms. The summed E-state index contributed by atoms with van der Waals surface area (Å²) in [6.07, 6.45) is 4.25. The van der Waals surface area contributed by atoms with Crippen molar-refractivity contribution in [1.29, 1.82) is 0 Å². The lowest BCUT2D eigenvalue weighted by Gasteiger charge is -2.09. The Bertz CT molecular complexity index is 1020. The van der Waals surface area contributed by atoms with Gasteiger partial charge in [0.25, 0.3) is 0 Å². The zero-order valence-electron chi connectivity index (χ0n) is 14.7. The van der Waals surface area contributed by atoms with Gasteiger partial charge in [0.2, 0.25) is 5.91 Å². The third-order valence-corrected chi connectivity index (χ3v) is 5.31. The number of carbonyl (C=O) groups excluding carboxylic acids is 1. The van der Waals surface area contributed by atoms with Crippen molar-refractivity contribution in [3.8, 4) is 0 Å². The van der Waals surface area contributed by atoms with E-state index in [0.29, 0.717) is 27.3 Å². The highest BCUT2D eigenvalue weighted by atomic mass is 35.5. The molecule has 6 nitrogen and oxygen atoms in total. The summed E-state index contributed by atoms with van der Waals surface area (Å²) in [5, 5.41) is 4.79. The van der Waals surface area contributed by atoms with Gasteiger partial charge >= 0.3 is 0 Å². The van der Waals surface area contributed by atoms with Gasteiger partial charge in [0.15, 0.2) is 11.0 Å². The van der Waals surface area contributed by atoms with Crippen LogP contribution in [-0.2, 0) is 17.8 Å². The molecule has 0 atom stereocenters. The zero-order chi connectivity index (χ0) is 20.3. The number of carbonyl (C=O) groups is 1. The molecule has 0 spiro atoms. The van der Waals surface area contributed by atoms with Crippen molar-refractivity contribution in [2.75, 3.05) is 17.3 Å². The van der Waals surface area contributed by atoms with Gasteiger partial charge in [0.05, 0.1) is 11.4 Å². The predicted molar refractivity (Wildman–Crippen MR) is 116 cm³/mol. The Labute approximate surface area is 181 Å². The topological polar surface area (TPSA) is 85.8 Å². The highest BCUT2D eigenvalue weighted by Crippen LogP contribution is 2.25. The first kappa shape index (κ1) is 20.8. The van der Waals surface area contributed by atoms with Gasteiger partial charge in [-0.2, -0.15) is 0 Å². The second kappa shape index (κ2) is 9.05. The van der Waals surface area contributed by atoms with Gasteiger partial charge in [-0.25, -0.2) is 9.97 Å². The monoisotopic (exact) mass is 455 g/mol. The van der Waals surface area contributed by atoms with E-state index in [-0.39, 0.29) is 23.4 Å². The fourth-order valence-corrected chi connectivity index (χ4v) is 3.73. The Morgan fingerprint density at radius 1 is 1.21 bits per heavy atom. The van der Waals surface area contributed by atoms with E-state index in [2.05, 4.69) is 15.3 Å². The Morgan fingerprint density at radius 3 is 2.71 bits per heavy atom. The maximum Gasteiger partial charge on any atom is 0.245 e. The highest BCUT2D eigenvalue weighted by molar-refractivity contribution is 7.98. The van der Waals surface area contributed by atoms with Crippen molar-refractivity contribution in [2.45, 2.75) is 18.1 Å². The molecule has 1 amide bonds. The van der Waals surface area contributed by atoms with E-state index in [1.54, 1.807) is 28.8 Å². The van der Waals surface area contributed by atoms with Gasteiger partial charge in [-0.05, 0) is 36.1 Å². The second-order valence-corrected chi connectivity index (χ2v) is 7.88. The lowest BCUT2D eigenvalue weighted by atomic mass is 10.1. The number of hydrogen-bond acceptors (Lipinski definition) is 5. The largest absolute Gasteiger partial charge is 0.396 e. The van der Waals surface area contributed by atoms with Gasteiger partial charge in [-0.15, -0.1) is 0 Å². The van der Waals surface area contributed by atoms with Crippen LogP contribution in [-0.4, -0.2) is 26.7 Å². The zero-order valence-corrected chi connectivity index (χ0v) is 17.8. The van der Waals surface area contributed by atoms with Crippen LogP contribution in [0, 0.1) is 0 Å². The van der Waals surface area contributed by atoms with Crippen LogP contribution in [0.2, 0.25) is 15.2 Å². The Morgan fingerprint density at radius 2 is 2.00 bits per heavy atom. The number of nitrogens with two attached hydrogens (primary N) is 1. The van der Waals surface area contributed by atoms with E-state index < -0.39 is 0 Å². The second-order valence-electron chi connectivity index (χ2n) is 5.88. The number of amides is 1. The van der Waals surface area contributed by atoms with E-state index in [1.807, 2.05) is 18.5 Å². The van der Waals surface area contributed by atoms with Crippen molar-refractivity contribution in [1.82, 2.24) is 14.5 Å². The first-order chi connectivity index (χ1) is 13.4. The molecule has 1 aromatic carbocycles. The number of halogens is 3. The molecule has 2 heterocycles. The van der Waals surface area contributed by atoms with Crippen molar-refractivity contribution in [2.24, 2.45) is 0 Å². The number of benzene rings is 1. The van der Waals surface area contributed by atoms with Crippen LogP contribution in [0.3, 0.4) is 0 Å². The number of nitrogens with zero attached hydrogens (tertiary/aromatic N) is 3. The highest BCUT2D eigenvalue weighted by Gasteiger charge is 2.14. The average molecular weight is 457 g/mol. The summed E-state index contributed by atoms with van der Waals surface area (Å²) in [4.78, 5) is 21.0. The van der Waals surface area contributed by atoms with Crippen LogP contribution in [0.5, 0.6) is 0 Å². The normalized spacial score (nSPS) is 10.9. The van der Waals surface area contributed by atoms with E-state index in [9.17, 15) is 4.79 Å². The van der Waals surface area contributed by atoms with Crippen LogP contribution in [0.4, 0.5) is 11.5 Å². The number of pyridine rings is 1. The molecule has 0 aliphatic rings. The van der Waals surface area contributed by atoms with Crippen molar-refractivity contribution >= 4 is 64.0 Å². The van der Waals surface area contributed by atoms with Crippen molar-refractivity contribution in [3.63, 3.8) is 0 Å². The summed E-state index contributed by atoms with van der Waals surface area (Å²) >= 11 is 19.5. The molecule has 0 fully saturated rings. The van der Waals surface area contributed by atoms with Gasteiger partial charge in [-0.3, -0.25) is 4.79 Å². The summed E-state index contributed by atoms with van der Waals surface area (Å²) in [7, 11) is 0. The molecule has 3 rings (SSSR count).